The number of unbranched alkanes of at least 4 members (excludes halogenated alkanes) is 2. The molecule has 0 amide bonds. The topological polar surface area (TPSA) is 48.4 Å². The van der Waals surface area contributed by atoms with Crippen molar-refractivity contribution in [3.8, 4) is 33.8 Å². The number of rotatable bonds is 11. The van der Waals surface area contributed by atoms with E-state index in [2.05, 4.69) is 11.9 Å². The summed E-state index contributed by atoms with van der Waals surface area (Å²) in [5.41, 5.74) is 0.0888. The first-order valence-electron chi connectivity index (χ1n) is 14.5. The Labute approximate surface area is 265 Å². The number of halogens is 7. The lowest BCUT2D eigenvalue weighted by atomic mass is 9.99. The maximum atomic E-state index is 15.0. The summed E-state index contributed by atoms with van der Waals surface area (Å²) in [6.45, 7) is 2.09. The predicted octanol–water partition coefficient (Wildman–Crippen LogP) is 10.2. The first-order chi connectivity index (χ1) is 22.4. The molecule has 47 heavy (non-hydrogen) atoms. The summed E-state index contributed by atoms with van der Waals surface area (Å²) in [6, 6.07) is 15.7. The van der Waals surface area contributed by atoms with Crippen molar-refractivity contribution in [1.82, 2.24) is 4.98 Å². The molecule has 0 saturated heterocycles. The third kappa shape index (κ3) is 7.79. The fourth-order valence-corrected chi connectivity index (χ4v) is 4.79. The Morgan fingerprint density at radius 1 is 0.702 bits per heavy atom. The lowest BCUT2D eigenvalue weighted by Crippen LogP contribution is -2.23. The Bertz CT molecular complexity index is 1870. The van der Waals surface area contributed by atoms with E-state index in [4.69, 9.17) is 9.47 Å². The van der Waals surface area contributed by atoms with Crippen molar-refractivity contribution in [2.24, 2.45) is 0 Å². The molecule has 0 aliphatic heterocycles. The summed E-state index contributed by atoms with van der Waals surface area (Å²) in [7, 11) is 0. The monoisotopic (exact) mass is 653 g/mol. The zero-order valence-electron chi connectivity index (χ0n) is 24.8. The molecule has 0 radical (unpaired) electrons. The van der Waals surface area contributed by atoms with Gasteiger partial charge < -0.3 is 9.47 Å². The minimum absolute atomic E-state index is 0.0248. The van der Waals surface area contributed by atoms with Crippen molar-refractivity contribution in [2.75, 3.05) is 0 Å². The van der Waals surface area contributed by atoms with Crippen molar-refractivity contribution in [3.63, 3.8) is 0 Å². The van der Waals surface area contributed by atoms with Crippen molar-refractivity contribution < 1.29 is 45.0 Å². The van der Waals surface area contributed by atoms with Gasteiger partial charge in [-0.05, 0) is 83.6 Å². The Morgan fingerprint density at radius 2 is 1.36 bits per heavy atom. The van der Waals surface area contributed by atoms with Gasteiger partial charge in [-0.15, -0.1) is 0 Å². The fraction of sp³-hybridized carbons (Fsp3) is 0.167. The van der Waals surface area contributed by atoms with Crippen LogP contribution in [0.3, 0.4) is 0 Å². The van der Waals surface area contributed by atoms with Crippen LogP contribution in [0.25, 0.3) is 22.3 Å². The van der Waals surface area contributed by atoms with Gasteiger partial charge >= 0.3 is 12.1 Å². The van der Waals surface area contributed by atoms with Crippen LogP contribution in [-0.2, 0) is 12.5 Å². The summed E-state index contributed by atoms with van der Waals surface area (Å²) in [5, 5.41) is 0. The summed E-state index contributed by atoms with van der Waals surface area (Å²) in [4.78, 5) is 16.5. The third-order valence-corrected chi connectivity index (χ3v) is 7.27. The molecule has 5 aromatic rings. The number of nitrogens with zero attached hydrogens (tertiary/aromatic N) is 1. The molecule has 0 saturated carbocycles. The molecule has 4 nitrogen and oxygen atoms in total. The predicted molar refractivity (Wildman–Crippen MR) is 160 cm³/mol. The molecular weight excluding hydrogens is 627 g/mol. The zero-order chi connectivity index (χ0) is 33.7. The van der Waals surface area contributed by atoms with Crippen LogP contribution in [-0.4, -0.2) is 11.0 Å². The molecule has 11 heteroatoms. The van der Waals surface area contributed by atoms with Gasteiger partial charge in [-0.25, -0.2) is 31.7 Å². The van der Waals surface area contributed by atoms with Crippen LogP contribution in [0.2, 0.25) is 0 Å². The van der Waals surface area contributed by atoms with E-state index < -0.39 is 46.7 Å². The quantitative estimate of drug-likeness (QED) is 0.0468. The van der Waals surface area contributed by atoms with Gasteiger partial charge in [0.15, 0.2) is 17.5 Å². The zero-order valence-corrected chi connectivity index (χ0v) is 24.8. The molecule has 5 rings (SSSR count). The minimum atomic E-state index is -4.13. The number of benzene rings is 4. The van der Waals surface area contributed by atoms with Crippen LogP contribution in [0.15, 0.2) is 91.1 Å². The highest BCUT2D eigenvalue weighted by molar-refractivity contribution is 5.89. The molecule has 0 unspecified atom stereocenters. The molecule has 1 aromatic heterocycles. The molecule has 0 aliphatic rings. The van der Waals surface area contributed by atoms with Crippen molar-refractivity contribution in [1.29, 1.82) is 0 Å². The standard InChI is InChI=1S/C36H26F7NO3/c1-2-3-4-5-21-6-15-33(44-20-21)35(45)46-26-12-14-28(30(38)19-26)36(42,43)47-25-10-7-22(8-11-25)23-9-13-27(29(37)16-23)24-17-31(39)34(41)32(40)18-24/h6-20H,2-5H2,1H3. The normalized spacial score (nSPS) is 11.4. The van der Waals surface area contributed by atoms with Crippen LogP contribution in [0.5, 0.6) is 11.5 Å². The van der Waals surface area contributed by atoms with Crippen LogP contribution in [0.1, 0.15) is 47.8 Å². The molecule has 0 fully saturated rings. The smallest absolute Gasteiger partial charge is 0.429 e. The Kier molecular flexibility index (Phi) is 9.93. The van der Waals surface area contributed by atoms with E-state index in [9.17, 15) is 35.5 Å². The SMILES string of the molecule is CCCCCc1ccc(C(=O)Oc2ccc(C(F)(F)Oc3ccc(-c4ccc(-c5cc(F)c(F)c(F)c5)c(F)c4)cc3)c(F)c2)nc1. The highest BCUT2D eigenvalue weighted by atomic mass is 19.3. The molecule has 0 aliphatic carbocycles. The average molecular weight is 654 g/mol. The molecule has 4 aromatic carbocycles. The molecule has 1 heterocycles. The Hall–Kier alpha value is -5.19. The first kappa shape index (κ1) is 33.2. The van der Waals surface area contributed by atoms with Crippen LogP contribution in [0.4, 0.5) is 30.7 Å². The molecule has 0 atom stereocenters. The fourth-order valence-electron chi connectivity index (χ4n) is 4.79. The van der Waals surface area contributed by atoms with Crippen LogP contribution < -0.4 is 9.47 Å². The maximum absolute atomic E-state index is 15.0. The molecule has 242 valence electrons. The van der Waals surface area contributed by atoms with E-state index in [1.54, 1.807) is 12.3 Å². The highest BCUT2D eigenvalue weighted by Gasteiger charge is 2.38. The first-order valence-corrected chi connectivity index (χ1v) is 14.5. The van der Waals surface area contributed by atoms with Gasteiger partial charge in [0.25, 0.3) is 0 Å². The van der Waals surface area contributed by atoms with Gasteiger partial charge in [-0.1, -0.05) is 50.1 Å². The van der Waals surface area contributed by atoms with Gasteiger partial charge in [-0.2, -0.15) is 8.78 Å². The summed E-state index contributed by atoms with van der Waals surface area (Å²) in [5.74, 6) is -8.39. The number of esters is 1. The van der Waals surface area contributed by atoms with E-state index >= 15 is 0 Å². The largest absolute Gasteiger partial charge is 0.429 e. The molecule has 0 N–H and O–H groups in total. The van der Waals surface area contributed by atoms with Crippen molar-refractivity contribution in [2.45, 2.75) is 38.7 Å². The second kappa shape index (κ2) is 14.1. The second-order valence-electron chi connectivity index (χ2n) is 10.6. The highest BCUT2D eigenvalue weighted by Crippen LogP contribution is 2.36. The number of ether oxygens (including phenoxy) is 2. The lowest BCUT2D eigenvalue weighted by molar-refractivity contribution is -0.187. The van der Waals surface area contributed by atoms with E-state index in [1.165, 1.54) is 30.3 Å². The summed E-state index contributed by atoms with van der Waals surface area (Å²) < 4.78 is 110. The van der Waals surface area contributed by atoms with Gasteiger partial charge in [0, 0.05) is 17.8 Å². The number of pyridine rings is 1. The summed E-state index contributed by atoms with van der Waals surface area (Å²) >= 11 is 0. The molecule has 0 spiro atoms. The third-order valence-electron chi connectivity index (χ3n) is 7.27. The summed E-state index contributed by atoms with van der Waals surface area (Å²) in [6.07, 6.45) is 1.36. The number of hydrogen-bond acceptors (Lipinski definition) is 4. The molecule has 0 bridgehead atoms. The van der Waals surface area contributed by atoms with Crippen LogP contribution in [0, 0.1) is 29.1 Å². The van der Waals surface area contributed by atoms with Gasteiger partial charge in [0.05, 0.1) is 0 Å². The number of aryl methyl sites for hydroxylation is 1. The second-order valence-corrected chi connectivity index (χ2v) is 10.6. The van der Waals surface area contributed by atoms with Crippen LogP contribution >= 0.6 is 0 Å². The van der Waals surface area contributed by atoms with Crippen molar-refractivity contribution >= 4 is 5.97 Å². The average Bonchev–Trinajstić information content (AvgIpc) is 3.04. The lowest BCUT2D eigenvalue weighted by Gasteiger charge is -2.19. The van der Waals surface area contributed by atoms with E-state index in [1.807, 2.05) is 0 Å². The molecular formula is C36H26F7NO3. The number of carbonyl (C=O) groups excluding carboxylic acids is 1. The van der Waals surface area contributed by atoms with E-state index in [0.717, 1.165) is 61.6 Å². The number of aromatic nitrogens is 1. The van der Waals surface area contributed by atoms with Gasteiger partial charge in [0.2, 0.25) is 0 Å². The van der Waals surface area contributed by atoms with E-state index in [0.29, 0.717) is 29.3 Å². The number of hydrogen-bond donors (Lipinski definition) is 0. The van der Waals surface area contributed by atoms with Gasteiger partial charge in [-0.3, -0.25) is 0 Å². The van der Waals surface area contributed by atoms with E-state index in [-0.39, 0.29) is 28.3 Å². The Balaban J connectivity index is 1.24. The Morgan fingerprint density at radius 3 is 1.98 bits per heavy atom. The maximum Gasteiger partial charge on any atom is 0.429 e. The van der Waals surface area contributed by atoms with Gasteiger partial charge in [0.1, 0.15) is 34.4 Å². The van der Waals surface area contributed by atoms with Crippen molar-refractivity contribution in [3.05, 3.63) is 137 Å². The number of alkyl halides is 2. The minimum Gasteiger partial charge on any atom is -0.429 e. The number of carbonyl (C=O) groups is 1.